The third-order valence-corrected chi connectivity index (χ3v) is 5.62. The summed E-state index contributed by atoms with van der Waals surface area (Å²) in [4.78, 5) is 24.5. The van der Waals surface area contributed by atoms with Gasteiger partial charge in [0.05, 0.1) is 41.4 Å². The van der Waals surface area contributed by atoms with Crippen molar-refractivity contribution in [2.24, 2.45) is 0 Å². The van der Waals surface area contributed by atoms with E-state index in [4.69, 9.17) is 21.1 Å². The molecule has 0 bridgehead atoms. The van der Waals surface area contributed by atoms with E-state index in [-0.39, 0.29) is 35.2 Å². The number of rotatable bonds is 5. The molecule has 154 valence electrons. The largest absolute Gasteiger partial charge is 0.476 e. The molecule has 1 heterocycles. The Morgan fingerprint density at radius 1 is 1.28 bits per heavy atom. The lowest BCUT2D eigenvalue weighted by atomic mass is 10.2. The lowest BCUT2D eigenvalue weighted by Crippen LogP contribution is -2.48. The topological polar surface area (TPSA) is 102 Å². The van der Waals surface area contributed by atoms with Crippen molar-refractivity contribution < 1.29 is 27.5 Å². The molecule has 0 aromatic heterocycles. The summed E-state index contributed by atoms with van der Waals surface area (Å²) in [6.45, 7) is 1.74. The van der Waals surface area contributed by atoms with Crippen LogP contribution >= 0.6 is 11.6 Å². The zero-order valence-electron chi connectivity index (χ0n) is 15.7. The maximum Gasteiger partial charge on any atom is 0.338 e. The molecule has 0 spiro atoms. The zero-order valence-corrected chi connectivity index (χ0v) is 17.3. The maximum atomic E-state index is 12.7. The summed E-state index contributed by atoms with van der Waals surface area (Å²) in [5, 5.41) is 2.75. The van der Waals surface area contributed by atoms with Crippen molar-refractivity contribution in [3.8, 4) is 5.75 Å². The standard InChI is InChI=1S/C19H19ClN2O6S/c1-3-27-19(24)12-8-9-14(13(20)10-12)21-18(23)17-11-22(29(2,25)26)15-6-4-5-7-16(15)28-17/h4-10,17H,3,11H2,1-2H3,(H,21,23)/t17-/m1/s1. The molecule has 1 amide bonds. The van der Waals surface area contributed by atoms with Gasteiger partial charge in [-0.25, -0.2) is 13.2 Å². The summed E-state index contributed by atoms with van der Waals surface area (Å²) in [7, 11) is -3.61. The van der Waals surface area contributed by atoms with E-state index in [0.29, 0.717) is 5.69 Å². The number of nitrogens with one attached hydrogen (secondary N) is 1. The van der Waals surface area contributed by atoms with Gasteiger partial charge < -0.3 is 14.8 Å². The number of hydrogen-bond acceptors (Lipinski definition) is 6. The first-order chi connectivity index (χ1) is 13.7. The highest BCUT2D eigenvalue weighted by Gasteiger charge is 2.35. The van der Waals surface area contributed by atoms with Crippen LogP contribution in [0.15, 0.2) is 42.5 Å². The van der Waals surface area contributed by atoms with Crippen LogP contribution in [-0.4, -0.2) is 45.8 Å². The van der Waals surface area contributed by atoms with E-state index < -0.39 is 28.0 Å². The fourth-order valence-corrected chi connectivity index (χ4v) is 3.97. The Morgan fingerprint density at radius 2 is 2.00 bits per heavy atom. The van der Waals surface area contributed by atoms with E-state index in [1.807, 2.05) is 0 Å². The van der Waals surface area contributed by atoms with Crippen LogP contribution in [0, 0.1) is 0 Å². The molecule has 0 aliphatic carbocycles. The molecule has 29 heavy (non-hydrogen) atoms. The number of amides is 1. The summed E-state index contributed by atoms with van der Waals surface area (Å²) in [5.41, 5.74) is 0.884. The van der Waals surface area contributed by atoms with Crippen LogP contribution in [0.1, 0.15) is 17.3 Å². The number of halogens is 1. The first-order valence-corrected chi connectivity index (χ1v) is 10.9. The molecule has 0 radical (unpaired) electrons. The number of anilines is 2. The van der Waals surface area contributed by atoms with Crippen molar-refractivity contribution in [1.82, 2.24) is 0 Å². The number of hydrogen-bond donors (Lipinski definition) is 1. The average Bonchev–Trinajstić information content (AvgIpc) is 2.68. The van der Waals surface area contributed by atoms with Crippen LogP contribution in [0.25, 0.3) is 0 Å². The van der Waals surface area contributed by atoms with E-state index in [2.05, 4.69) is 5.32 Å². The Balaban J connectivity index is 1.80. The van der Waals surface area contributed by atoms with E-state index >= 15 is 0 Å². The summed E-state index contributed by atoms with van der Waals surface area (Å²) in [6, 6.07) is 10.9. The fraction of sp³-hybridized carbons (Fsp3) is 0.263. The minimum absolute atomic E-state index is 0.139. The van der Waals surface area contributed by atoms with E-state index in [9.17, 15) is 18.0 Å². The molecule has 8 nitrogen and oxygen atoms in total. The number of para-hydroxylation sites is 2. The molecule has 3 rings (SSSR count). The predicted octanol–water partition coefficient (Wildman–Crippen LogP) is 2.68. The van der Waals surface area contributed by atoms with Gasteiger partial charge in [0, 0.05) is 0 Å². The highest BCUT2D eigenvalue weighted by atomic mass is 35.5. The van der Waals surface area contributed by atoms with Gasteiger partial charge in [0.2, 0.25) is 10.0 Å². The van der Waals surface area contributed by atoms with Gasteiger partial charge in [0.25, 0.3) is 5.91 Å². The molecule has 0 saturated heterocycles. The SMILES string of the molecule is CCOC(=O)c1ccc(NC(=O)[C@H]2CN(S(C)(=O)=O)c3ccccc3O2)c(Cl)c1. The summed E-state index contributed by atoms with van der Waals surface area (Å²) >= 11 is 6.17. The maximum absolute atomic E-state index is 12.7. The highest BCUT2D eigenvalue weighted by Crippen LogP contribution is 2.35. The van der Waals surface area contributed by atoms with Crippen LogP contribution in [0.4, 0.5) is 11.4 Å². The monoisotopic (exact) mass is 438 g/mol. The van der Waals surface area contributed by atoms with Crippen molar-refractivity contribution in [1.29, 1.82) is 0 Å². The van der Waals surface area contributed by atoms with Crippen molar-refractivity contribution in [2.75, 3.05) is 29.0 Å². The van der Waals surface area contributed by atoms with Crippen LogP contribution in [-0.2, 0) is 19.6 Å². The van der Waals surface area contributed by atoms with Crippen LogP contribution in [0.2, 0.25) is 5.02 Å². The minimum Gasteiger partial charge on any atom is -0.476 e. The van der Waals surface area contributed by atoms with Crippen molar-refractivity contribution in [2.45, 2.75) is 13.0 Å². The molecular weight excluding hydrogens is 420 g/mol. The Bertz CT molecular complexity index is 1060. The first-order valence-electron chi connectivity index (χ1n) is 8.71. The predicted molar refractivity (Wildman–Crippen MR) is 109 cm³/mol. The van der Waals surface area contributed by atoms with Gasteiger partial charge in [-0.15, -0.1) is 0 Å². The molecule has 1 aliphatic heterocycles. The van der Waals surface area contributed by atoms with Gasteiger partial charge in [0.1, 0.15) is 5.75 Å². The third kappa shape index (κ3) is 4.63. The molecule has 0 saturated carbocycles. The number of fused-ring (bicyclic) bond motifs is 1. The van der Waals surface area contributed by atoms with Gasteiger partial charge in [-0.1, -0.05) is 23.7 Å². The van der Waals surface area contributed by atoms with Gasteiger partial charge in [-0.05, 0) is 37.3 Å². The zero-order chi connectivity index (χ0) is 21.2. The lowest BCUT2D eigenvalue weighted by molar-refractivity contribution is -0.122. The summed E-state index contributed by atoms with van der Waals surface area (Å²) in [5.74, 6) is -0.810. The van der Waals surface area contributed by atoms with Crippen molar-refractivity contribution in [3.63, 3.8) is 0 Å². The number of carbonyl (C=O) groups excluding carboxylic acids is 2. The van der Waals surface area contributed by atoms with Crippen molar-refractivity contribution >= 4 is 44.9 Å². The summed E-state index contributed by atoms with van der Waals surface area (Å²) < 4.78 is 36.0. The smallest absolute Gasteiger partial charge is 0.338 e. The minimum atomic E-state index is -3.61. The average molecular weight is 439 g/mol. The van der Waals surface area contributed by atoms with E-state index in [1.165, 1.54) is 18.2 Å². The van der Waals surface area contributed by atoms with Crippen LogP contribution < -0.4 is 14.4 Å². The molecule has 0 unspecified atom stereocenters. The number of nitrogens with zero attached hydrogens (tertiary/aromatic N) is 1. The second-order valence-electron chi connectivity index (χ2n) is 6.27. The second-order valence-corrected chi connectivity index (χ2v) is 8.59. The number of ether oxygens (including phenoxy) is 2. The Labute approximate surface area is 173 Å². The van der Waals surface area contributed by atoms with Gasteiger partial charge >= 0.3 is 5.97 Å². The number of benzene rings is 2. The van der Waals surface area contributed by atoms with Crippen LogP contribution in [0.3, 0.4) is 0 Å². The number of carbonyl (C=O) groups is 2. The van der Waals surface area contributed by atoms with Gasteiger partial charge in [-0.2, -0.15) is 0 Å². The Morgan fingerprint density at radius 3 is 2.66 bits per heavy atom. The molecule has 1 aliphatic rings. The molecule has 2 aromatic rings. The molecule has 2 aromatic carbocycles. The molecular formula is C19H19ClN2O6S. The quantitative estimate of drug-likeness (QED) is 0.720. The molecule has 1 N–H and O–H groups in total. The van der Waals surface area contributed by atoms with Gasteiger partial charge in [-0.3, -0.25) is 9.10 Å². The van der Waals surface area contributed by atoms with Gasteiger partial charge in [0.15, 0.2) is 6.10 Å². The number of esters is 1. The lowest BCUT2D eigenvalue weighted by Gasteiger charge is -2.33. The van der Waals surface area contributed by atoms with E-state index in [1.54, 1.807) is 31.2 Å². The highest BCUT2D eigenvalue weighted by molar-refractivity contribution is 7.92. The first kappa shape index (κ1) is 20.9. The van der Waals surface area contributed by atoms with E-state index in [0.717, 1.165) is 10.6 Å². The normalized spacial score (nSPS) is 15.8. The summed E-state index contributed by atoms with van der Waals surface area (Å²) in [6.07, 6.45) is -0.0184. The molecule has 0 fully saturated rings. The van der Waals surface area contributed by atoms with Crippen LogP contribution in [0.5, 0.6) is 5.75 Å². The molecule has 1 atom stereocenters. The Kier molecular flexibility index (Phi) is 5.99. The van der Waals surface area contributed by atoms with Crippen molar-refractivity contribution in [3.05, 3.63) is 53.1 Å². The third-order valence-electron chi connectivity index (χ3n) is 4.17. The molecule has 10 heteroatoms. The Hall–Kier alpha value is -2.78. The second kappa shape index (κ2) is 8.30. The fourth-order valence-electron chi connectivity index (χ4n) is 2.82. The number of sulfonamides is 1.